The Morgan fingerprint density at radius 2 is 1.23 bits per heavy atom. The number of aromatic amines is 2. The predicted octanol–water partition coefficient (Wildman–Crippen LogP) is -0.533. The van der Waals surface area contributed by atoms with Crippen molar-refractivity contribution < 1.29 is 110 Å². The average Bonchev–Trinajstić information content (AvgIpc) is 1.68. The van der Waals surface area contributed by atoms with Gasteiger partial charge < -0.3 is 116 Å². The number of carbonyl (C=O) groups is 17. The van der Waals surface area contributed by atoms with E-state index in [1.165, 1.54) is 63.8 Å². The summed E-state index contributed by atoms with van der Waals surface area (Å²) < 4.78 is 37.5. The number of amides is 15. The van der Waals surface area contributed by atoms with Crippen LogP contribution >= 0.6 is 0 Å². The summed E-state index contributed by atoms with van der Waals surface area (Å²) in [5.74, 6) is -11.3. The summed E-state index contributed by atoms with van der Waals surface area (Å²) >= 11 is 0. The molecule has 15 amide bonds. The molecule has 5 heterocycles. The van der Waals surface area contributed by atoms with E-state index in [0.717, 1.165) is 67.2 Å². The lowest BCUT2D eigenvalue weighted by Gasteiger charge is -2.29. The molecule has 0 saturated carbocycles. The number of ether oxygens (including phenoxy) is 2. The molecule has 7 rings (SSSR count). The minimum Gasteiger partial charge on any atom is -0.394 e. The van der Waals surface area contributed by atoms with Crippen molar-refractivity contribution in [1.82, 2.24) is 99.0 Å². The number of likely N-dealkylation sites (N-methyl/N-ethyl adjacent to an activating group) is 1. The van der Waals surface area contributed by atoms with Gasteiger partial charge in [0, 0.05) is 139 Å². The molecule has 0 spiro atoms. The molecular formula is C99H155N25O23S. The van der Waals surface area contributed by atoms with E-state index in [0.29, 0.717) is 62.6 Å². The number of hydrogen-bond donors (Lipinski definition) is 21. The minimum atomic E-state index is -3.89. The monoisotopic (exact) mass is 2090 g/mol. The number of para-hydroxylation sites is 1. The summed E-state index contributed by atoms with van der Waals surface area (Å²) in [7, 11) is -2.48. The van der Waals surface area contributed by atoms with Gasteiger partial charge in [0.1, 0.15) is 66.8 Å². The number of unbranched alkanes of at least 4 members (excludes halogenated alkanes) is 13. The van der Waals surface area contributed by atoms with E-state index >= 15 is 0 Å². The molecule has 0 bridgehead atoms. The Bertz CT molecular complexity index is 5120. The van der Waals surface area contributed by atoms with E-state index in [-0.39, 0.29) is 159 Å². The van der Waals surface area contributed by atoms with Crippen molar-refractivity contribution in [2.45, 2.75) is 318 Å². The number of tetrazole rings is 1. The summed E-state index contributed by atoms with van der Waals surface area (Å²) in [6.07, 6.45) is 23.3. The Morgan fingerprint density at radius 1 is 0.615 bits per heavy atom. The van der Waals surface area contributed by atoms with Crippen molar-refractivity contribution in [2.24, 2.45) is 38.8 Å². The highest BCUT2D eigenvalue weighted by Crippen LogP contribution is 2.26. The number of aliphatic hydroxyl groups excluding tert-OH is 2. The van der Waals surface area contributed by atoms with Gasteiger partial charge in [0.25, 0.3) is 0 Å². The van der Waals surface area contributed by atoms with Crippen molar-refractivity contribution in [3.05, 3.63) is 89.5 Å². The molecule has 0 radical (unpaired) electrons. The lowest BCUT2D eigenvalue weighted by Crippen LogP contribution is -2.60. The maximum atomic E-state index is 14.4. The maximum absolute atomic E-state index is 14.4. The smallest absolute Gasteiger partial charge is 0.246 e. The first-order chi connectivity index (χ1) is 71.0. The topological polar surface area (TPSA) is 742 Å². The molecule has 2 aromatic carbocycles. The first-order valence-corrected chi connectivity index (χ1v) is 53.0. The Morgan fingerprint density at radius 3 is 1.89 bits per heavy atom. The fraction of sp³-hybridized carbons (Fsp3) is 0.636. The van der Waals surface area contributed by atoms with Crippen LogP contribution < -0.4 is 91.5 Å². The third-order valence-corrected chi connectivity index (χ3v) is 26.4. The van der Waals surface area contributed by atoms with Gasteiger partial charge in [-0.25, -0.2) is 8.42 Å². The molecule has 4 aromatic rings. The van der Waals surface area contributed by atoms with Crippen LogP contribution in [0.25, 0.3) is 10.9 Å². The molecular weight excluding hydrogens is 1940 g/mol. The van der Waals surface area contributed by atoms with Crippen LogP contribution in [0.2, 0.25) is 0 Å². The highest BCUT2D eigenvalue weighted by atomic mass is 32.2. The van der Waals surface area contributed by atoms with Gasteiger partial charge >= 0.3 is 0 Å². The van der Waals surface area contributed by atoms with E-state index in [1.807, 2.05) is 31.2 Å². The lowest BCUT2D eigenvalue weighted by molar-refractivity contribution is -0.142. The quantitative estimate of drug-likeness (QED) is 0.0150. The number of aliphatic imine (C=N–C) groups is 2. The number of ketones is 2. The summed E-state index contributed by atoms with van der Waals surface area (Å²) in [4.78, 5) is 237. The molecule has 820 valence electrons. The van der Waals surface area contributed by atoms with Crippen molar-refractivity contribution in [3.63, 3.8) is 0 Å². The van der Waals surface area contributed by atoms with Crippen LogP contribution in [0.1, 0.15) is 250 Å². The first-order valence-electron chi connectivity index (χ1n) is 51.3. The third-order valence-electron chi connectivity index (χ3n) is 25.0. The molecule has 2 fully saturated rings. The average molecular weight is 2100 g/mol. The van der Waals surface area contributed by atoms with Crippen LogP contribution in [0.4, 0.5) is 0 Å². The highest BCUT2D eigenvalue weighted by molar-refractivity contribution is 7.90. The molecule has 25 N–H and O–H groups in total. The van der Waals surface area contributed by atoms with Crippen molar-refractivity contribution in [2.75, 3.05) is 78.6 Å². The van der Waals surface area contributed by atoms with Gasteiger partial charge in [-0.15, -0.1) is 10.2 Å². The van der Waals surface area contributed by atoms with Crippen LogP contribution in [0, 0.1) is 5.92 Å². The van der Waals surface area contributed by atoms with Crippen LogP contribution in [0.15, 0.2) is 82.6 Å². The zero-order valence-corrected chi connectivity index (χ0v) is 86.3. The predicted molar refractivity (Wildman–Crippen MR) is 548 cm³/mol. The molecule has 3 aliphatic rings. The normalized spacial score (nSPS) is 18.6. The third kappa shape index (κ3) is 48.7. The van der Waals surface area contributed by atoms with Crippen LogP contribution in [0.5, 0.6) is 0 Å². The molecule has 12 atom stereocenters. The van der Waals surface area contributed by atoms with Gasteiger partial charge in [-0.2, -0.15) is 5.21 Å². The number of aliphatic hydroxyl groups is 2. The largest absolute Gasteiger partial charge is 0.394 e. The van der Waals surface area contributed by atoms with Gasteiger partial charge in [-0.1, -0.05) is 170 Å². The Kier molecular flexibility index (Phi) is 57.7. The number of H-pyrrole nitrogens is 2. The van der Waals surface area contributed by atoms with Gasteiger partial charge in [-0.05, 0) is 88.3 Å². The second-order valence-electron chi connectivity index (χ2n) is 37.2. The number of guanidine groups is 1. The molecule has 2 aromatic heterocycles. The van der Waals surface area contributed by atoms with Crippen molar-refractivity contribution in [1.29, 1.82) is 0 Å². The second kappa shape index (κ2) is 69.2. The van der Waals surface area contributed by atoms with E-state index in [1.54, 1.807) is 55.7 Å². The van der Waals surface area contributed by atoms with Crippen LogP contribution in [-0.4, -0.2) is 307 Å². The summed E-state index contributed by atoms with van der Waals surface area (Å²) in [5.41, 5.74) is 25.0. The Balaban J connectivity index is 0.000000474. The number of rotatable bonds is 60. The fourth-order valence-corrected chi connectivity index (χ4v) is 17.8. The van der Waals surface area contributed by atoms with E-state index in [4.69, 9.17) is 32.4 Å². The summed E-state index contributed by atoms with van der Waals surface area (Å²) in [6, 6.07) is 3.93. The number of nitrogens with one attached hydrogen (secondary N) is 15. The van der Waals surface area contributed by atoms with E-state index in [9.17, 15) is 100 Å². The minimum absolute atomic E-state index is 0.00128. The zero-order chi connectivity index (χ0) is 108. The number of nitrogens with two attached hydrogens (primary N) is 4. The standard InChI is InChI=1S/C54H94N16O15S.C45H61N9O8/c1-3-4-21-39(50(77)57-2)62-53(80)42(34-55)65-52(79)41(33-38-20-18-27-58-38)64-51(78)40(25-26-44(56)72)63-54(81)43(36-71)61-48(75)35-60-49(76)37-85-31-30-84-29-28-59-46(73)24-19-32-86(82,83)68-47(74)23-17-15-13-11-9-7-5-6-8-10-12-14-16-22-45-66-69-70-67-45;1-27-19-20-31(56)14-7-4-8-16-34(28(2)55)50-42(60)38(23-30-25-49-35-17-10-9-15-33(30)35)52-40(58)36(18-11-21-48-45(46)47)51-41(59)37(22-29-12-5-3-6-13-29)53-43(61)39-24-32(57)26-54(39)44(27)62/h20,27,39-43,71H,3-19,21-26,28-37,55H2,1-2H3,(H2,56,72)(H,57,77)(H,59,73)(H,60,76)(H,61,75)(H,62,80)(H,63,81)(H,64,78)(H,65,79)(H,68,74)(H,66,67,69,70);3,5-6,9-10,12-13,15,17,25,27,32,34,36-39,49,57H,4,7-8,11,14,16,18-24,26H2,1-2H3,(H,50,60)(H,51,59)(H,52,58)(H,53,61)(H4,46,47,48)/t39-,40-,41-,42-,43-;27-,32+,34-,36-,37+,38-,39-/m00/s1. The van der Waals surface area contributed by atoms with E-state index < -0.39 is 191 Å². The fourth-order valence-electron chi connectivity index (χ4n) is 16.7. The van der Waals surface area contributed by atoms with Gasteiger partial charge in [0.2, 0.25) is 98.6 Å². The number of nitrogens with zero attached hydrogens (tertiary/aromatic N) is 6. The molecule has 2 saturated heterocycles. The first kappa shape index (κ1) is 124. The zero-order valence-electron chi connectivity index (χ0n) is 85.5. The van der Waals surface area contributed by atoms with Crippen molar-refractivity contribution >= 4 is 133 Å². The Labute approximate surface area is 863 Å². The number of primary amides is 1. The molecule has 3 aliphatic heterocycles. The number of aromatic nitrogens is 5. The number of aryl methyl sites for hydroxylation is 1. The number of allylic oxidation sites excluding steroid dienone is 1. The van der Waals surface area contributed by atoms with Gasteiger partial charge in [0.15, 0.2) is 17.6 Å². The number of hydrogen-bond acceptors (Lipinski definition) is 29. The molecule has 0 unspecified atom stereocenters. The van der Waals surface area contributed by atoms with Gasteiger partial charge in [0.05, 0.1) is 50.9 Å². The number of sulfonamides is 1. The second-order valence-corrected chi connectivity index (χ2v) is 39.0. The lowest BCUT2D eigenvalue weighted by atomic mass is 9.98. The molecule has 48 nitrogen and oxygen atoms in total. The Hall–Kier alpha value is -13.1. The maximum Gasteiger partial charge on any atom is 0.246 e. The summed E-state index contributed by atoms with van der Waals surface area (Å²) in [6.45, 7) is 2.67. The number of Topliss-reactive ketones (excluding diaryl/α,β-unsaturated/α-hetero) is 2. The van der Waals surface area contributed by atoms with E-state index in [2.05, 4.69) is 104 Å². The van der Waals surface area contributed by atoms with Crippen LogP contribution in [-0.2, 0) is 120 Å². The van der Waals surface area contributed by atoms with Gasteiger partial charge in [-0.3, -0.25) is 96.2 Å². The molecule has 148 heavy (non-hydrogen) atoms. The molecule has 0 aliphatic carbocycles. The SMILES string of the molecule is CC(=O)[C@@H]1CCCCCC(=O)CC[C@H](C)C(=O)N2C[C@H](O)C[C@H]2C(=O)N[C@H](Cc2ccccc2)C(=O)N[C@@H](CCCN=C(N)N)C(=O)N[C@@H](Cc2c[nH]c3ccccc23)C(=O)N1.CCCC[C@H](NC(=O)[C@H](CN)NC(=O)[C@H](CC1=CCC=N1)NC(=O)[C@H](CCC(N)=O)NC(=O)[C@H](CO)NC(=O)CNC(=O)COCCOCCNC(=O)CCCS(=O)(=O)NC(=O)CCCCCCCCCCCCCCCc1nn[nH]n1)C(=O)NC. The van der Waals surface area contributed by atoms with Crippen molar-refractivity contribution in [3.8, 4) is 0 Å². The number of fused-ring (bicyclic) bond motifs is 2. The highest BCUT2D eigenvalue weighted by Gasteiger charge is 2.43. The number of benzene rings is 2. The summed E-state index contributed by atoms with van der Waals surface area (Å²) in [5, 5.41) is 66.3. The van der Waals surface area contributed by atoms with Crippen LogP contribution in [0.3, 0.4) is 0 Å². The molecule has 49 heteroatoms. The number of carbonyl (C=O) groups excluding carboxylic acids is 17.